The standard InChI is InChI=1S/C29H32N6O3/c1-35(2)18-27(36)33-26(15-21-17-31-24-9-5-3-7-22(21)24)29(38)32-16-19-11-13-20(14-12-19)28(37)34-25-10-6-4-8-23(25)30/h3-14,17,26,31H,15-16,18,30H2,1-2H3,(H,32,38)(H,33,36)(H,34,37). The van der Waals surface area contributed by atoms with E-state index in [-0.39, 0.29) is 30.8 Å². The Morgan fingerprint density at radius 1 is 0.947 bits per heavy atom. The Morgan fingerprint density at radius 3 is 2.39 bits per heavy atom. The van der Waals surface area contributed by atoms with E-state index >= 15 is 0 Å². The first-order chi connectivity index (χ1) is 18.3. The van der Waals surface area contributed by atoms with Gasteiger partial charge in [-0.05, 0) is 55.6 Å². The Morgan fingerprint density at radius 2 is 1.66 bits per heavy atom. The second-order valence-corrected chi connectivity index (χ2v) is 9.38. The van der Waals surface area contributed by atoms with Gasteiger partial charge in [-0.15, -0.1) is 0 Å². The first-order valence-corrected chi connectivity index (χ1v) is 12.3. The lowest BCUT2D eigenvalue weighted by atomic mass is 10.0. The van der Waals surface area contributed by atoms with E-state index in [1.807, 2.05) is 30.5 Å². The summed E-state index contributed by atoms with van der Waals surface area (Å²) in [5, 5.41) is 9.60. The Balaban J connectivity index is 1.40. The number of nitrogens with one attached hydrogen (secondary N) is 4. The Kier molecular flexibility index (Phi) is 8.40. The number of para-hydroxylation sites is 3. The zero-order valence-corrected chi connectivity index (χ0v) is 21.5. The molecule has 3 aromatic carbocycles. The molecule has 0 aliphatic carbocycles. The zero-order valence-electron chi connectivity index (χ0n) is 21.5. The molecule has 9 nitrogen and oxygen atoms in total. The molecule has 0 saturated carbocycles. The topological polar surface area (TPSA) is 132 Å². The van der Waals surface area contributed by atoms with Gasteiger partial charge >= 0.3 is 0 Å². The molecule has 0 fully saturated rings. The number of carbonyl (C=O) groups excluding carboxylic acids is 3. The maximum Gasteiger partial charge on any atom is 0.255 e. The van der Waals surface area contributed by atoms with Gasteiger partial charge in [-0.25, -0.2) is 0 Å². The molecule has 4 aromatic rings. The summed E-state index contributed by atoms with van der Waals surface area (Å²) in [7, 11) is 3.60. The van der Waals surface area contributed by atoms with Gasteiger partial charge in [0.2, 0.25) is 11.8 Å². The van der Waals surface area contributed by atoms with Crippen LogP contribution in [0.15, 0.2) is 79.0 Å². The highest BCUT2D eigenvalue weighted by molar-refractivity contribution is 6.05. The normalized spacial score (nSPS) is 11.8. The first-order valence-electron chi connectivity index (χ1n) is 12.3. The lowest BCUT2D eigenvalue weighted by Crippen LogP contribution is -2.49. The molecule has 1 aromatic heterocycles. The molecule has 3 amide bonds. The number of hydrogen-bond acceptors (Lipinski definition) is 5. The molecular weight excluding hydrogens is 480 g/mol. The number of benzene rings is 3. The number of fused-ring (bicyclic) bond motifs is 1. The molecular formula is C29H32N6O3. The van der Waals surface area contributed by atoms with E-state index in [0.717, 1.165) is 22.0 Å². The predicted molar refractivity (Wildman–Crippen MR) is 150 cm³/mol. The summed E-state index contributed by atoms with van der Waals surface area (Å²) in [5.74, 6) is -0.797. The van der Waals surface area contributed by atoms with Crippen molar-refractivity contribution in [3.05, 3.63) is 95.7 Å². The van der Waals surface area contributed by atoms with Crippen molar-refractivity contribution < 1.29 is 14.4 Å². The van der Waals surface area contributed by atoms with E-state index in [1.165, 1.54) is 0 Å². The average molecular weight is 513 g/mol. The Hall–Kier alpha value is -4.63. The van der Waals surface area contributed by atoms with Crippen LogP contribution < -0.4 is 21.7 Å². The number of rotatable bonds is 10. The molecule has 4 rings (SSSR count). The fourth-order valence-electron chi connectivity index (χ4n) is 4.15. The van der Waals surface area contributed by atoms with E-state index in [4.69, 9.17) is 5.73 Å². The number of carbonyl (C=O) groups is 3. The smallest absolute Gasteiger partial charge is 0.255 e. The summed E-state index contributed by atoms with van der Waals surface area (Å²) in [6, 6.07) is 21.1. The highest BCUT2D eigenvalue weighted by atomic mass is 16.2. The Bertz CT molecular complexity index is 1430. The summed E-state index contributed by atoms with van der Waals surface area (Å²) in [6.07, 6.45) is 2.21. The van der Waals surface area contributed by atoms with Gasteiger partial charge in [0.25, 0.3) is 5.91 Å². The monoisotopic (exact) mass is 512 g/mol. The third kappa shape index (κ3) is 6.77. The van der Waals surface area contributed by atoms with E-state index in [1.54, 1.807) is 67.5 Å². The largest absolute Gasteiger partial charge is 0.397 e. The molecule has 196 valence electrons. The lowest BCUT2D eigenvalue weighted by molar-refractivity contribution is -0.129. The van der Waals surface area contributed by atoms with Crippen molar-refractivity contribution in [3.63, 3.8) is 0 Å². The summed E-state index contributed by atoms with van der Waals surface area (Å²) in [4.78, 5) is 43.2. The summed E-state index contributed by atoms with van der Waals surface area (Å²) < 4.78 is 0. The summed E-state index contributed by atoms with van der Waals surface area (Å²) >= 11 is 0. The third-order valence-corrected chi connectivity index (χ3v) is 6.10. The van der Waals surface area contributed by atoms with Crippen LogP contribution in [0.1, 0.15) is 21.5 Å². The molecule has 0 bridgehead atoms. The van der Waals surface area contributed by atoms with Gasteiger partial charge in [-0.1, -0.05) is 42.5 Å². The van der Waals surface area contributed by atoms with Crippen LogP contribution in [0, 0.1) is 0 Å². The number of nitrogen functional groups attached to an aromatic ring is 1. The van der Waals surface area contributed by atoms with E-state index in [9.17, 15) is 14.4 Å². The highest BCUT2D eigenvalue weighted by Crippen LogP contribution is 2.20. The summed E-state index contributed by atoms with van der Waals surface area (Å²) in [5.41, 5.74) is 10.1. The summed E-state index contributed by atoms with van der Waals surface area (Å²) in [6.45, 7) is 0.427. The van der Waals surface area contributed by atoms with Gasteiger partial charge in [0.1, 0.15) is 6.04 Å². The second kappa shape index (κ2) is 12.1. The minimum atomic E-state index is -0.747. The van der Waals surface area contributed by atoms with Crippen LogP contribution >= 0.6 is 0 Å². The number of H-pyrrole nitrogens is 1. The number of hydrogen-bond donors (Lipinski definition) is 5. The molecule has 0 spiro atoms. The van der Waals surface area contributed by atoms with Crippen molar-refractivity contribution in [2.24, 2.45) is 0 Å². The zero-order chi connectivity index (χ0) is 27.1. The fourth-order valence-corrected chi connectivity index (χ4v) is 4.15. The van der Waals surface area contributed by atoms with E-state index in [0.29, 0.717) is 23.4 Å². The van der Waals surface area contributed by atoms with Gasteiger partial charge < -0.3 is 31.6 Å². The molecule has 38 heavy (non-hydrogen) atoms. The Labute approximate surface area is 221 Å². The number of aromatic amines is 1. The fraction of sp³-hybridized carbons (Fsp3) is 0.207. The maximum atomic E-state index is 13.2. The van der Waals surface area contributed by atoms with Crippen LogP contribution in [0.4, 0.5) is 11.4 Å². The second-order valence-electron chi connectivity index (χ2n) is 9.38. The van der Waals surface area contributed by atoms with Crippen LogP contribution in [-0.2, 0) is 22.6 Å². The third-order valence-electron chi connectivity index (χ3n) is 6.10. The van der Waals surface area contributed by atoms with Crippen molar-refractivity contribution in [3.8, 4) is 0 Å². The van der Waals surface area contributed by atoms with Crippen LogP contribution in [0.3, 0.4) is 0 Å². The van der Waals surface area contributed by atoms with Gasteiger partial charge in [0, 0.05) is 35.6 Å². The number of amides is 3. The van der Waals surface area contributed by atoms with Crippen molar-refractivity contribution in [1.82, 2.24) is 20.5 Å². The average Bonchev–Trinajstić information content (AvgIpc) is 3.31. The van der Waals surface area contributed by atoms with Gasteiger partial charge in [0.05, 0.1) is 17.9 Å². The SMILES string of the molecule is CN(C)CC(=O)NC(Cc1c[nH]c2ccccc12)C(=O)NCc1ccc(C(=O)Nc2ccccc2N)cc1. The molecule has 0 saturated heterocycles. The maximum absolute atomic E-state index is 13.2. The minimum Gasteiger partial charge on any atom is -0.397 e. The molecule has 1 atom stereocenters. The minimum absolute atomic E-state index is 0.176. The van der Waals surface area contributed by atoms with Crippen molar-refractivity contribution in [2.75, 3.05) is 31.7 Å². The van der Waals surface area contributed by atoms with E-state index in [2.05, 4.69) is 20.9 Å². The molecule has 0 aliphatic heterocycles. The lowest BCUT2D eigenvalue weighted by Gasteiger charge is -2.20. The van der Waals surface area contributed by atoms with Crippen molar-refractivity contribution in [1.29, 1.82) is 0 Å². The van der Waals surface area contributed by atoms with Crippen molar-refractivity contribution >= 4 is 40.0 Å². The number of nitrogens with zero attached hydrogens (tertiary/aromatic N) is 1. The molecule has 6 N–H and O–H groups in total. The molecule has 9 heteroatoms. The van der Waals surface area contributed by atoms with Crippen LogP contribution in [0.25, 0.3) is 10.9 Å². The van der Waals surface area contributed by atoms with Gasteiger partial charge in [-0.2, -0.15) is 0 Å². The number of anilines is 2. The molecule has 1 unspecified atom stereocenters. The van der Waals surface area contributed by atoms with Crippen LogP contribution in [0.5, 0.6) is 0 Å². The van der Waals surface area contributed by atoms with E-state index < -0.39 is 6.04 Å². The molecule has 0 radical (unpaired) electrons. The predicted octanol–water partition coefficient (Wildman–Crippen LogP) is 2.91. The molecule has 0 aliphatic rings. The number of aromatic nitrogens is 1. The van der Waals surface area contributed by atoms with Crippen LogP contribution in [-0.4, -0.2) is 54.3 Å². The van der Waals surface area contributed by atoms with Crippen LogP contribution in [0.2, 0.25) is 0 Å². The highest BCUT2D eigenvalue weighted by Gasteiger charge is 2.23. The van der Waals surface area contributed by atoms with Gasteiger partial charge in [-0.3, -0.25) is 14.4 Å². The quantitative estimate of drug-likeness (QED) is 0.209. The number of nitrogens with two attached hydrogens (primary N) is 1. The molecule has 1 heterocycles. The first kappa shape index (κ1) is 26.4. The number of likely N-dealkylation sites (N-methyl/N-ethyl adjacent to an activating group) is 1. The van der Waals surface area contributed by atoms with Crippen molar-refractivity contribution in [2.45, 2.75) is 19.0 Å². The van der Waals surface area contributed by atoms with Gasteiger partial charge in [0.15, 0.2) is 0 Å².